The first-order valence-corrected chi connectivity index (χ1v) is 3.67. The Hall–Kier alpha value is -1.10. The van der Waals surface area contributed by atoms with Gasteiger partial charge < -0.3 is 10.4 Å². The molecule has 5 nitrogen and oxygen atoms in total. The number of nitrogens with zero attached hydrogens (tertiary/aromatic N) is 1. The lowest BCUT2D eigenvalue weighted by atomic mass is 10.4. The van der Waals surface area contributed by atoms with E-state index < -0.39 is 5.97 Å². The van der Waals surface area contributed by atoms with E-state index in [2.05, 4.69) is 5.32 Å². The minimum Gasteiger partial charge on any atom is -0.481 e. The Labute approximate surface area is 71.4 Å². The monoisotopic (exact) mass is 174 g/mol. The Balaban J connectivity index is 3.52. The van der Waals surface area contributed by atoms with E-state index in [1.807, 2.05) is 0 Å². The summed E-state index contributed by atoms with van der Waals surface area (Å²) in [7, 11) is 3.26. The first-order chi connectivity index (χ1) is 5.56. The van der Waals surface area contributed by atoms with Crippen LogP contribution in [0.25, 0.3) is 0 Å². The van der Waals surface area contributed by atoms with Crippen LogP contribution in [0.1, 0.15) is 6.42 Å². The summed E-state index contributed by atoms with van der Waals surface area (Å²) in [5, 5.41) is 10.8. The second kappa shape index (κ2) is 5.54. The van der Waals surface area contributed by atoms with Crippen molar-refractivity contribution in [3.63, 3.8) is 0 Å². The SMILES string of the molecule is CNC(=O)CN(C)CCC(=O)O. The van der Waals surface area contributed by atoms with E-state index in [1.165, 1.54) is 0 Å². The third-order valence-electron chi connectivity index (χ3n) is 1.40. The molecule has 0 saturated heterocycles. The van der Waals surface area contributed by atoms with Crippen molar-refractivity contribution in [3.8, 4) is 0 Å². The number of likely N-dealkylation sites (N-methyl/N-ethyl adjacent to an activating group) is 2. The Morgan fingerprint density at radius 3 is 2.50 bits per heavy atom. The molecule has 0 aromatic rings. The lowest BCUT2D eigenvalue weighted by molar-refractivity contribution is -0.137. The van der Waals surface area contributed by atoms with Crippen LogP contribution < -0.4 is 5.32 Å². The lowest BCUT2D eigenvalue weighted by Gasteiger charge is -2.13. The van der Waals surface area contributed by atoms with Gasteiger partial charge in [-0.15, -0.1) is 0 Å². The molecule has 0 aliphatic carbocycles. The normalized spacial score (nSPS) is 9.92. The number of amides is 1. The number of hydrogen-bond acceptors (Lipinski definition) is 3. The van der Waals surface area contributed by atoms with Gasteiger partial charge in [0.05, 0.1) is 13.0 Å². The van der Waals surface area contributed by atoms with Gasteiger partial charge in [0.1, 0.15) is 0 Å². The van der Waals surface area contributed by atoms with Crippen LogP contribution in [0.3, 0.4) is 0 Å². The fourth-order valence-electron chi connectivity index (χ4n) is 0.690. The van der Waals surface area contributed by atoms with E-state index >= 15 is 0 Å². The maximum absolute atomic E-state index is 10.8. The van der Waals surface area contributed by atoms with Crippen molar-refractivity contribution < 1.29 is 14.7 Å². The molecule has 0 aromatic carbocycles. The van der Waals surface area contributed by atoms with Crippen molar-refractivity contribution in [1.82, 2.24) is 10.2 Å². The zero-order valence-electron chi connectivity index (χ0n) is 7.33. The second-order valence-corrected chi connectivity index (χ2v) is 2.55. The average molecular weight is 174 g/mol. The Bertz CT molecular complexity index is 170. The maximum Gasteiger partial charge on any atom is 0.304 e. The largest absolute Gasteiger partial charge is 0.481 e. The highest BCUT2D eigenvalue weighted by atomic mass is 16.4. The van der Waals surface area contributed by atoms with Gasteiger partial charge >= 0.3 is 5.97 Å². The quantitative estimate of drug-likeness (QED) is 0.569. The van der Waals surface area contributed by atoms with Crippen molar-refractivity contribution >= 4 is 11.9 Å². The van der Waals surface area contributed by atoms with E-state index in [4.69, 9.17) is 5.11 Å². The van der Waals surface area contributed by atoms with E-state index in [9.17, 15) is 9.59 Å². The smallest absolute Gasteiger partial charge is 0.304 e. The number of hydrogen-bond donors (Lipinski definition) is 2. The number of carbonyl (C=O) groups is 2. The predicted octanol–water partition coefficient (Wildman–Crippen LogP) is -0.861. The standard InChI is InChI=1S/C7H14N2O3/c1-8-6(10)5-9(2)4-3-7(11)12/h3-5H2,1-2H3,(H,8,10)(H,11,12). The minimum atomic E-state index is -0.848. The lowest BCUT2D eigenvalue weighted by Crippen LogP contribution is -2.34. The van der Waals surface area contributed by atoms with E-state index in [1.54, 1.807) is 19.0 Å². The summed E-state index contributed by atoms with van der Waals surface area (Å²) in [4.78, 5) is 22.6. The van der Waals surface area contributed by atoms with Crippen molar-refractivity contribution in [2.75, 3.05) is 27.2 Å². The third kappa shape index (κ3) is 5.67. The molecule has 5 heteroatoms. The number of nitrogens with one attached hydrogen (secondary N) is 1. The molecule has 0 spiro atoms. The van der Waals surface area contributed by atoms with Crippen molar-refractivity contribution in [2.24, 2.45) is 0 Å². The number of carboxylic acid groups (broad SMARTS) is 1. The molecule has 0 atom stereocenters. The molecule has 0 heterocycles. The number of rotatable bonds is 5. The highest BCUT2D eigenvalue weighted by molar-refractivity contribution is 5.77. The Kier molecular flexibility index (Phi) is 5.03. The molecule has 0 bridgehead atoms. The van der Waals surface area contributed by atoms with Gasteiger partial charge in [-0.2, -0.15) is 0 Å². The first kappa shape index (κ1) is 10.9. The van der Waals surface area contributed by atoms with Crippen molar-refractivity contribution in [1.29, 1.82) is 0 Å². The molecule has 1 amide bonds. The zero-order chi connectivity index (χ0) is 9.56. The highest BCUT2D eigenvalue weighted by Gasteiger charge is 2.05. The molecule has 0 saturated carbocycles. The van der Waals surface area contributed by atoms with Crippen LogP contribution in [-0.4, -0.2) is 49.1 Å². The second-order valence-electron chi connectivity index (χ2n) is 2.55. The minimum absolute atomic E-state index is 0.0630. The van der Waals surface area contributed by atoms with Gasteiger partial charge in [0.25, 0.3) is 0 Å². The Morgan fingerprint density at radius 2 is 2.08 bits per heavy atom. The highest BCUT2D eigenvalue weighted by Crippen LogP contribution is 1.86. The average Bonchev–Trinajstić information content (AvgIpc) is 2.00. The zero-order valence-corrected chi connectivity index (χ0v) is 7.33. The van der Waals surface area contributed by atoms with Crippen LogP contribution in [0.2, 0.25) is 0 Å². The first-order valence-electron chi connectivity index (χ1n) is 3.67. The predicted molar refractivity (Wildman–Crippen MR) is 43.8 cm³/mol. The summed E-state index contributed by atoms with van der Waals surface area (Å²) in [6.45, 7) is 0.631. The van der Waals surface area contributed by atoms with Gasteiger partial charge in [0.2, 0.25) is 5.91 Å². The summed E-state index contributed by atoms with van der Waals surface area (Å²) >= 11 is 0. The molecule has 0 fully saturated rings. The maximum atomic E-state index is 10.8. The molecular formula is C7H14N2O3. The molecule has 0 unspecified atom stereocenters. The molecule has 0 rings (SSSR count). The summed E-state index contributed by atoms with van der Waals surface area (Å²) < 4.78 is 0. The van der Waals surface area contributed by atoms with Crippen LogP contribution in [0.15, 0.2) is 0 Å². The van der Waals surface area contributed by atoms with Crippen LogP contribution in [0, 0.1) is 0 Å². The van der Waals surface area contributed by atoms with Crippen molar-refractivity contribution in [2.45, 2.75) is 6.42 Å². The van der Waals surface area contributed by atoms with Gasteiger partial charge in [0.15, 0.2) is 0 Å². The molecule has 0 aliphatic rings. The number of carboxylic acids is 1. The van der Waals surface area contributed by atoms with Crippen LogP contribution >= 0.6 is 0 Å². The van der Waals surface area contributed by atoms with E-state index in [-0.39, 0.29) is 18.9 Å². The molecule has 12 heavy (non-hydrogen) atoms. The van der Waals surface area contributed by atoms with Crippen LogP contribution in [0.5, 0.6) is 0 Å². The van der Waals surface area contributed by atoms with E-state index in [0.29, 0.717) is 6.54 Å². The molecule has 70 valence electrons. The fraction of sp³-hybridized carbons (Fsp3) is 0.714. The van der Waals surface area contributed by atoms with Gasteiger partial charge in [-0.25, -0.2) is 0 Å². The Morgan fingerprint density at radius 1 is 1.50 bits per heavy atom. The molecule has 0 aliphatic heterocycles. The molecule has 2 N–H and O–H groups in total. The topological polar surface area (TPSA) is 69.6 Å². The molecular weight excluding hydrogens is 160 g/mol. The fourth-order valence-corrected chi connectivity index (χ4v) is 0.690. The van der Waals surface area contributed by atoms with Gasteiger partial charge in [0, 0.05) is 13.6 Å². The summed E-state index contributed by atoms with van der Waals surface area (Å²) in [6, 6.07) is 0. The summed E-state index contributed by atoms with van der Waals surface area (Å²) in [5.41, 5.74) is 0. The van der Waals surface area contributed by atoms with Crippen LogP contribution in [0.4, 0.5) is 0 Å². The summed E-state index contributed by atoms with van der Waals surface area (Å²) in [5.74, 6) is -0.957. The van der Waals surface area contributed by atoms with E-state index in [0.717, 1.165) is 0 Å². The van der Waals surface area contributed by atoms with Gasteiger partial charge in [-0.05, 0) is 7.05 Å². The van der Waals surface area contributed by atoms with Gasteiger partial charge in [-0.3, -0.25) is 14.5 Å². The number of carbonyl (C=O) groups excluding carboxylic acids is 1. The van der Waals surface area contributed by atoms with Gasteiger partial charge in [-0.1, -0.05) is 0 Å². The number of aliphatic carboxylic acids is 1. The third-order valence-corrected chi connectivity index (χ3v) is 1.40. The molecule has 0 radical (unpaired) electrons. The molecule has 0 aromatic heterocycles. The summed E-state index contributed by atoms with van der Waals surface area (Å²) in [6.07, 6.45) is 0.0630. The van der Waals surface area contributed by atoms with Crippen molar-refractivity contribution in [3.05, 3.63) is 0 Å². The van der Waals surface area contributed by atoms with Crippen LogP contribution in [-0.2, 0) is 9.59 Å².